The van der Waals surface area contributed by atoms with Crippen LogP contribution in [0.25, 0.3) is 10.9 Å². The van der Waals surface area contributed by atoms with E-state index in [2.05, 4.69) is 15.3 Å². The molecule has 1 aromatic heterocycles. The van der Waals surface area contributed by atoms with Crippen molar-refractivity contribution in [1.82, 2.24) is 15.3 Å². The van der Waals surface area contributed by atoms with Crippen LogP contribution in [0.3, 0.4) is 0 Å². The maximum Gasteiger partial charge on any atom is 0.345 e. The van der Waals surface area contributed by atoms with E-state index in [4.69, 9.17) is 0 Å². The summed E-state index contributed by atoms with van der Waals surface area (Å²) < 4.78 is 13.4. The van der Waals surface area contributed by atoms with E-state index in [9.17, 15) is 9.18 Å². The first-order valence-corrected chi connectivity index (χ1v) is 5.04. The van der Waals surface area contributed by atoms with Crippen molar-refractivity contribution >= 4 is 10.9 Å². The molecular formula is C11H12FN3O. The number of rotatable bonds is 3. The lowest BCUT2D eigenvalue weighted by molar-refractivity contribution is 0.635. The van der Waals surface area contributed by atoms with Crippen molar-refractivity contribution in [2.45, 2.75) is 6.42 Å². The third-order valence-electron chi connectivity index (χ3n) is 2.41. The quantitative estimate of drug-likeness (QED) is 0.807. The number of benzene rings is 1. The summed E-state index contributed by atoms with van der Waals surface area (Å²) in [4.78, 5) is 17.5. The molecule has 0 atom stereocenters. The van der Waals surface area contributed by atoms with Gasteiger partial charge in [0.15, 0.2) is 0 Å². The van der Waals surface area contributed by atoms with Gasteiger partial charge in [0.25, 0.3) is 0 Å². The van der Waals surface area contributed by atoms with Crippen molar-refractivity contribution in [3.63, 3.8) is 0 Å². The van der Waals surface area contributed by atoms with Gasteiger partial charge in [0, 0.05) is 24.0 Å². The minimum atomic E-state index is -0.510. The van der Waals surface area contributed by atoms with E-state index in [1.165, 1.54) is 6.07 Å². The van der Waals surface area contributed by atoms with E-state index in [-0.39, 0.29) is 5.52 Å². The summed E-state index contributed by atoms with van der Waals surface area (Å²) in [7, 11) is 1.82. The highest BCUT2D eigenvalue weighted by Crippen LogP contribution is 2.16. The molecule has 0 amide bonds. The number of H-pyrrole nitrogens is 1. The first-order valence-electron chi connectivity index (χ1n) is 5.04. The summed E-state index contributed by atoms with van der Waals surface area (Å²) in [5.74, 6) is -0.464. The first-order chi connectivity index (χ1) is 7.72. The molecule has 0 radical (unpaired) electrons. The van der Waals surface area contributed by atoms with Gasteiger partial charge in [-0.25, -0.2) is 9.18 Å². The van der Waals surface area contributed by atoms with Gasteiger partial charge in [0.05, 0.1) is 0 Å². The van der Waals surface area contributed by atoms with E-state index in [1.807, 2.05) is 7.05 Å². The molecule has 0 saturated heterocycles. The monoisotopic (exact) mass is 221 g/mol. The highest BCUT2D eigenvalue weighted by molar-refractivity contribution is 5.81. The van der Waals surface area contributed by atoms with Crippen LogP contribution in [0.1, 0.15) is 5.69 Å². The van der Waals surface area contributed by atoms with Crippen molar-refractivity contribution in [3.05, 3.63) is 40.2 Å². The Hall–Kier alpha value is -1.75. The fraction of sp³-hybridized carbons (Fsp3) is 0.273. The number of nitrogens with zero attached hydrogens (tertiary/aromatic N) is 1. The van der Waals surface area contributed by atoms with Crippen molar-refractivity contribution < 1.29 is 4.39 Å². The third kappa shape index (κ3) is 1.94. The number of aromatic amines is 1. The Balaban J connectivity index is 2.63. The van der Waals surface area contributed by atoms with Gasteiger partial charge >= 0.3 is 5.69 Å². The molecule has 4 nitrogen and oxygen atoms in total. The Morgan fingerprint density at radius 1 is 1.50 bits per heavy atom. The largest absolute Gasteiger partial charge is 0.345 e. The molecule has 0 aliphatic heterocycles. The highest BCUT2D eigenvalue weighted by atomic mass is 19.1. The van der Waals surface area contributed by atoms with Gasteiger partial charge in [-0.1, -0.05) is 12.1 Å². The molecule has 1 heterocycles. The summed E-state index contributed by atoms with van der Waals surface area (Å²) >= 11 is 0. The summed E-state index contributed by atoms with van der Waals surface area (Å²) in [6.45, 7) is 0.714. The van der Waals surface area contributed by atoms with Crippen LogP contribution in [0, 0.1) is 5.82 Å². The number of hydrogen-bond acceptors (Lipinski definition) is 3. The SMILES string of the molecule is CNCCc1[nH]c(=O)nc2c(F)cccc12. The molecular weight excluding hydrogens is 209 g/mol. The summed E-state index contributed by atoms with van der Waals surface area (Å²) in [5, 5.41) is 3.64. The summed E-state index contributed by atoms with van der Waals surface area (Å²) in [6, 6.07) is 4.67. The Bertz CT molecular complexity index is 565. The Morgan fingerprint density at radius 3 is 3.06 bits per heavy atom. The molecule has 0 aliphatic carbocycles. The standard InChI is InChI=1S/C11H12FN3O/c1-13-6-5-9-7-3-2-4-8(12)10(7)15-11(16)14-9/h2-4,13H,5-6H2,1H3,(H,14,15,16). The topological polar surface area (TPSA) is 57.8 Å². The lowest BCUT2D eigenvalue weighted by Gasteiger charge is -2.05. The molecule has 2 aromatic rings. The third-order valence-corrected chi connectivity index (χ3v) is 2.41. The maximum absolute atomic E-state index is 13.4. The van der Waals surface area contributed by atoms with Crippen LogP contribution < -0.4 is 11.0 Å². The van der Waals surface area contributed by atoms with Crippen LogP contribution in [-0.4, -0.2) is 23.6 Å². The van der Waals surface area contributed by atoms with E-state index in [1.54, 1.807) is 12.1 Å². The van der Waals surface area contributed by atoms with Crippen molar-refractivity contribution in [1.29, 1.82) is 0 Å². The van der Waals surface area contributed by atoms with Gasteiger partial charge in [-0.2, -0.15) is 4.98 Å². The number of para-hydroxylation sites is 1. The first kappa shape index (κ1) is 10.8. The predicted molar refractivity (Wildman–Crippen MR) is 60.0 cm³/mol. The maximum atomic E-state index is 13.4. The minimum absolute atomic E-state index is 0.136. The van der Waals surface area contributed by atoms with Crippen LogP contribution in [0.5, 0.6) is 0 Å². The van der Waals surface area contributed by atoms with Crippen molar-refractivity contribution in [3.8, 4) is 0 Å². The zero-order valence-electron chi connectivity index (χ0n) is 8.88. The molecule has 5 heteroatoms. The lowest BCUT2D eigenvalue weighted by Crippen LogP contribution is -2.18. The molecule has 2 rings (SSSR count). The van der Waals surface area contributed by atoms with E-state index in [0.717, 1.165) is 0 Å². The molecule has 0 bridgehead atoms. The number of aromatic nitrogens is 2. The Labute approximate surface area is 91.5 Å². The van der Waals surface area contributed by atoms with Crippen LogP contribution in [0.15, 0.2) is 23.0 Å². The molecule has 0 aliphatic rings. The molecule has 0 spiro atoms. The van der Waals surface area contributed by atoms with Crippen LogP contribution >= 0.6 is 0 Å². The normalized spacial score (nSPS) is 10.9. The fourth-order valence-corrected chi connectivity index (χ4v) is 1.65. The van der Waals surface area contributed by atoms with Gasteiger partial charge in [0.1, 0.15) is 11.3 Å². The van der Waals surface area contributed by atoms with E-state index in [0.29, 0.717) is 24.0 Å². The molecule has 1 aromatic carbocycles. The van der Waals surface area contributed by atoms with Gasteiger partial charge in [0.2, 0.25) is 0 Å². The fourth-order valence-electron chi connectivity index (χ4n) is 1.65. The summed E-state index contributed by atoms with van der Waals surface area (Å²) in [6.07, 6.45) is 0.633. The number of likely N-dealkylation sites (N-methyl/N-ethyl adjacent to an activating group) is 1. The van der Waals surface area contributed by atoms with Crippen molar-refractivity contribution in [2.24, 2.45) is 0 Å². The smallest absolute Gasteiger partial charge is 0.319 e. The Morgan fingerprint density at radius 2 is 2.31 bits per heavy atom. The van der Waals surface area contributed by atoms with Crippen LogP contribution in [0.4, 0.5) is 4.39 Å². The number of fused-ring (bicyclic) bond motifs is 1. The molecule has 0 fully saturated rings. The van der Waals surface area contributed by atoms with Crippen LogP contribution in [-0.2, 0) is 6.42 Å². The average Bonchev–Trinajstić information content (AvgIpc) is 2.27. The summed E-state index contributed by atoms with van der Waals surface area (Å²) in [5.41, 5.74) is 0.338. The van der Waals surface area contributed by atoms with Crippen molar-refractivity contribution in [2.75, 3.05) is 13.6 Å². The van der Waals surface area contributed by atoms with E-state index < -0.39 is 11.5 Å². The number of hydrogen-bond donors (Lipinski definition) is 2. The second-order valence-corrected chi connectivity index (χ2v) is 3.51. The number of halogens is 1. The molecule has 0 unspecified atom stereocenters. The zero-order chi connectivity index (χ0) is 11.5. The lowest BCUT2D eigenvalue weighted by atomic mass is 10.1. The molecule has 2 N–H and O–H groups in total. The van der Waals surface area contributed by atoms with E-state index >= 15 is 0 Å². The minimum Gasteiger partial charge on any atom is -0.319 e. The Kier molecular flexibility index (Phi) is 2.96. The number of nitrogens with one attached hydrogen (secondary N) is 2. The molecule has 0 saturated carbocycles. The molecule has 84 valence electrons. The predicted octanol–water partition coefficient (Wildman–Crippen LogP) is 0.824. The van der Waals surface area contributed by atoms with Gasteiger partial charge in [-0.05, 0) is 13.1 Å². The van der Waals surface area contributed by atoms with Gasteiger partial charge < -0.3 is 10.3 Å². The molecule has 16 heavy (non-hydrogen) atoms. The zero-order valence-corrected chi connectivity index (χ0v) is 8.88. The van der Waals surface area contributed by atoms with Gasteiger partial charge in [-0.3, -0.25) is 0 Å². The highest BCUT2D eigenvalue weighted by Gasteiger charge is 2.07. The average molecular weight is 221 g/mol. The second kappa shape index (κ2) is 4.40. The second-order valence-electron chi connectivity index (χ2n) is 3.51. The van der Waals surface area contributed by atoms with Crippen LogP contribution in [0.2, 0.25) is 0 Å². The van der Waals surface area contributed by atoms with Gasteiger partial charge in [-0.15, -0.1) is 0 Å².